The van der Waals surface area contributed by atoms with Gasteiger partial charge in [-0.25, -0.2) is 0 Å². The van der Waals surface area contributed by atoms with Gasteiger partial charge in [0.15, 0.2) is 0 Å². The van der Waals surface area contributed by atoms with Crippen molar-refractivity contribution in [2.45, 2.75) is 180 Å². The minimum absolute atomic E-state index is 0.108. The van der Waals surface area contributed by atoms with E-state index in [1.165, 1.54) is 122 Å². The first kappa shape index (κ1) is 35.9. The predicted octanol–water partition coefficient (Wildman–Crippen LogP) is 9.23. The van der Waals surface area contributed by atoms with Crippen LogP contribution in [0.15, 0.2) is 0 Å². The molecule has 1 N–H and O–H groups in total. The van der Waals surface area contributed by atoms with Gasteiger partial charge in [0.2, 0.25) is 0 Å². The lowest BCUT2D eigenvalue weighted by Crippen LogP contribution is -2.25. The second-order valence-electron chi connectivity index (χ2n) is 10.9. The van der Waals surface area contributed by atoms with Crippen molar-refractivity contribution < 1.29 is 24.2 Å². The molecule has 0 radical (unpaired) electrons. The number of ether oxygens (including phenoxy) is 2. The summed E-state index contributed by atoms with van der Waals surface area (Å²) >= 11 is 0. The summed E-state index contributed by atoms with van der Waals surface area (Å²) in [5.74, 6) is -0.560. The van der Waals surface area contributed by atoms with E-state index in [4.69, 9.17) is 9.47 Å². The molecule has 0 aromatic rings. The first-order valence-corrected chi connectivity index (χ1v) is 16.1. The Bertz CT molecular complexity index is 494. The number of esters is 2. The van der Waals surface area contributed by atoms with Crippen molar-refractivity contribution in [3.63, 3.8) is 0 Å². The van der Waals surface area contributed by atoms with E-state index in [1.807, 2.05) is 0 Å². The molecule has 37 heavy (non-hydrogen) atoms. The van der Waals surface area contributed by atoms with Crippen molar-refractivity contribution in [3.05, 3.63) is 0 Å². The third-order valence-corrected chi connectivity index (χ3v) is 7.09. The van der Waals surface area contributed by atoms with Gasteiger partial charge in [-0.1, -0.05) is 149 Å². The van der Waals surface area contributed by atoms with Crippen molar-refractivity contribution in [3.8, 4) is 0 Å². The minimum Gasteiger partial charge on any atom is -0.463 e. The van der Waals surface area contributed by atoms with Crippen LogP contribution in [0.1, 0.15) is 174 Å². The Kier molecular flexibility index (Phi) is 28.6. The summed E-state index contributed by atoms with van der Waals surface area (Å²) in [6, 6.07) is 0. The van der Waals surface area contributed by atoms with Crippen molar-refractivity contribution >= 4 is 11.9 Å². The highest BCUT2D eigenvalue weighted by Crippen LogP contribution is 2.14. The van der Waals surface area contributed by atoms with Gasteiger partial charge in [-0.2, -0.15) is 0 Å². The molecule has 0 aromatic carbocycles. The molecule has 0 aliphatic heterocycles. The fourth-order valence-corrected chi connectivity index (χ4v) is 4.61. The first-order valence-electron chi connectivity index (χ1n) is 16.1. The van der Waals surface area contributed by atoms with E-state index in [9.17, 15) is 14.7 Å². The molecule has 0 aliphatic carbocycles. The summed E-state index contributed by atoms with van der Waals surface area (Å²) in [6.07, 6.45) is 28.6. The summed E-state index contributed by atoms with van der Waals surface area (Å²) in [4.78, 5) is 23.7. The Labute approximate surface area is 229 Å². The average molecular weight is 527 g/mol. The Morgan fingerprint density at radius 2 is 0.703 bits per heavy atom. The number of aliphatic hydroxyl groups is 1. The summed E-state index contributed by atoms with van der Waals surface area (Å²) in [5.41, 5.74) is 0. The fourth-order valence-electron chi connectivity index (χ4n) is 4.61. The number of aliphatic hydroxyl groups excluding tert-OH is 1. The van der Waals surface area contributed by atoms with E-state index in [2.05, 4.69) is 13.8 Å². The molecular weight excluding hydrogens is 464 g/mol. The molecular formula is C32H62O5. The quantitative estimate of drug-likeness (QED) is 0.0776. The van der Waals surface area contributed by atoms with E-state index in [1.54, 1.807) is 0 Å². The Morgan fingerprint density at radius 1 is 0.459 bits per heavy atom. The largest absolute Gasteiger partial charge is 0.463 e. The minimum atomic E-state index is -0.952. The first-order chi connectivity index (χ1) is 18.1. The Hall–Kier alpha value is -1.10. The van der Waals surface area contributed by atoms with Crippen LogP contribution in [0.2, 0.25) is 0 Å². The van der Waals surface area contributed by atoms with Gasteiger partial charge in [0.25, 0.3) is 0 Å². The summed E-state index contributed by atoms with van der Waals surface area (Å²) < 4.78 is 10.3. The molecule has 0 rings (SSSR count). The zero-order chi connectivity index (χ0) is 27.2. The van der Waals surface area contributed by atoms with Gasteiger partial charge in [-0.3, -0.25) is 9.59 Å². The second kappa shape index (κ2) is 29.5. The van der Waals surface area contributed by atoms with Crippen molar-refractivity contribution in [2.24, 2.45) is 0 Å². The molecule has 0 heterocycles. The molecule has 5 heteroatoms. The molecule has 0 spiro atoms. The maximum atomic E-state index is 11.9. The van der Waals surface area contributed by atoms with Gasteiger partial charge >= 0.3 is 11.9 Å². The molecule has 220 valence electrons. The topological polar surface area (TPSA) is 72.8 Å². The van der Waals surface area contributed by atoms with E-state index in [0.717, 1.165) is 25.7 Å². The van der Waals surface area contributed by atoms with Crippen LogP contribution in [-0.2, 0) is 19.1 Å². The molecule has 0 amide bonds. The fraction of sp³-hybridized carbons (Fsp3) is 0.938. The van der Waals surface area contributed by atoms with Crippen LogP contribution in [0.4, 0.5) is 0 Å². The Balaban J connectivity index is 3.41. The van der Waals surface area contributed by atoms with E-state index < -0.39 is 6.10 Å². The molecule has 0 saturated carbocycles. The molecule has 0 fully saturated rings. The molecule has 0 aliphatic rings. The van der Waals surface area contributed by atoms with Crippen LogP contribution in [-0.4, -0.2) is 36.4 Å². The average Bonchev–Trinajstić information content (AvgIpc) is 2.90. The van der Waals surface area contributed by atoms with E-state index in [0.29, 0.717) is 12.8 Å². The number of hydrogen-bond donors (Lipinski definition) is 1. The molecule has 1 atom stereocenters. The van der Waals surface area contributed by atoms with E-state index in [-0.39, 0.29) is 25.2 Å². The van der Waals surface area contributed by atoms with Gasteiger partial charge in [-0.05, 0) is 12.8 Å². The molecule has 5 nitrogen and oxygen atoms in total. The second-order valence-corrected chi connectivity index (χ2v) is 10.9. The maximum absolute atomic E-state index is 11.9. The molecule has 0 unspecified atom stereocenters. The lowest BCUT2D eigenvalue weighted by atomic mass is 10.0. The zero-order valence-corrected chi connectivity index (χ0v) is 24.7. The van der Waals surface area contributed by atoms with Crippen molar-refractivity contribution in [1.29, 1.82) is 0 Å². The standard InChI is InChI=1S/C32H62O5/c1-3-5-7-9-11-13-15-16-17-19-21-23-25-27-32(35)37-29-30(33)28-36-31(34)26-24-22-20-18-14-12-10-8-6-4-2/h30,33H,3-29H2,1-2H3/t30-/m1/s1. The van der Waals surface area contributed by atoms with Crippen molar-refractivity contribution in [1.82, 2.24) is 0 Å². The smallest absolute Gasteiger partial charge is 0.305 e. The lowest BCUT2D eigenvalue weighted by Gasteiger charge is -2.12. The van der Waals surface area contributed by atoms with E-state index >= 15 is 0 Å². The maximum Gasteiger partial charge on any atom is 0.305 e. The van der Waals surface area contributed by atoms with Crippen LogP contribution in [0.5, 0.6) is 0 Å². The number of carbonyl (C=O) groups is 2. The third-order valence-electron chi connectivity index (χ3n) is 7.09. The number of rotatable bonds is 29. The number of hydrogen-bond acceptors (Lipinski definition) is 5. The SMILES string of the molecule is CCCCCCCCCCCCCCCC(=O)OC[C@H](O)COC(=O)CCCCCCCCCCCC. The van der Waals surface area contributed by atoms with Crippen LogP contribution < -0.4 is 0 Å². The van der Waals surface area contributed by atoms with Crippen LogP contribution in [0.3, 0.4) is 0 Å². The summed E-state index contributed by atoms with van der Waals surface area (Å²) in [7, 11) is 0. The summed E-state index contributed by atoms with van der Waals surface area (Å²) in [6.45, 7) is 4.28. The molecule has 0 aromatic heterocycles. The van der Waals surface area contributed by atoms with Gasteiger partial charge in [0.1, 0.15) is 19.3 Å². The monoisotopic (exact) mass is 526 g/mol. The normalized spacial score (nSPS) is 12.0. The molecule has 0 bridgehead atoms. The van der Waals surface area contributed by atoms with Gasteiger partial charge in [-0.15, -0.1) is 0 Å². The van der Waals surface area contributed by atoms with Gasteiger partial charge in [0.05, 0.1) is 0 Å². The molecule has 0 saturated heterocycles. The summed E-state index contributed by atoms with van der Waals surface area (Å²) in [5, 5.41) is 9.92. The highest BCUT2D eigenvalue weighted by atomic mass is 16.6. The van der Waals surface area contributed by atoms with Gasteiger partial charge < -0.3 is 14.6 Å². The van der Waals surface area contributed by atoms with Gasteiger partial charge in [0, 0.05) is 12.8 Å². The lowest BCUT2D eigenvalue weighted by molar-refractivity contribution is -0.152. The van der Waals surface area contributed by atoms with Crippen LogP contribution >= 0.6 is 0 Å². The highest BCUT2D eigenvalue weighted by molar-refractivity contribution is 5.69. The van der Waals surface area contributed by atoms with Crippen LogP contribution in [0.25, 0.3) is 0 Å². The van der Waals surface area contributed by atoms with Crippen molar-refractivity contribution in [2.75, 3.05) is 13.2 Å². The Morgan fingerprint density at radius 3 is 0.973 bits per heavy atom. The number of unbranched alkanes of at least 4 members (excludes halogenated alkanes) is 21. The predicted molar refractivity (Wildman–Crippen MR) is 155 cm³/mol. The third kappa shape index (κ3) is 29.3. The van der Waals surface area contributed by atoms with Crippen LogP contribution in [0, 0.1) is 0 Å². The highest BCUT2D eigenvalue weighted by Gasteiger charge is 2.12. The zero-order valence-electron chi connectivity index (χ0n) is 24.7. The number of carbonyl (C=O) groups excluding carboxylic acids is 2.